The summed E-state index contributed by atoms with van der Waals surface area (Å²) < 4.78 is 31.8. The summed E-state index contributed by atoms with van der Waals surface area (Å²) >= 11 is 5.83. The first kappa shape index (κ1) is 15.3. The van der Waals surface area contributed by atoms with E-state index in [1.165, 1.54) is 25.3 Å². The lowest BCUT2D eigenvalue weighted by Gasteiger charge is -2.11. The Balaban J connectivity index is 2.49. The Labute approximate surface area is 127 Å². The molecule has 0 atom stereocenters. The summed E-state index contributed by atoms with van der Waals surface area (Å²) in [6.45, 7) is 0. The third kappa shape index (κ3) is 3.53. The minimum Gasteiger partial charge on any atom is -0.465 e. The van der Waals surface area contributed by atoms with Gasteiger partial charge in [-0.25, -0.2) is 13.2 Å². The molecular weight excluding hydrogens is 314 g/mol. The summed E-state index contributed by atoms with van der Waals surface area (Å²) in [5, 5.41) is 0.205. The second-order valence-corrected chi connectivity index (χ2v) is 6.19. The number of carbonyl (C=O) groups excluding carboxylic acids is 1. The van der Waals surface area contributed by atoms with Gasteiger partial charge in [-0.1, -0.05) is 29.8 Å². The number of rotatable bonds is 4. The normalized spacial score (nSPS) is 11.0. The minimum absolute atomic E-state index is 0.0784. The van der Waals surface area contributed by atoms with Crippen LogP contribution in [0.15, 0.2) is 53.4 Å². The van der Waals surface area contributed by atoms with Crippen LogP contribution in [0.1, 0.15) is 10.4 Å². The third-order valence-corrected chi connectivity index (χ3v) is 4.32. The first-order valence-electron chi connectivity index (χ1n) is 5.90. The fourth-order valence-corrected chi connectivity index (χ4v) is 3.23. The Bertz CT molecular complexity index is 760. The zero-order chi connectivity index (χ0) is 15.5. The molecule has 0 aliphatic heterocycles. The Hall–Kier alpha value is -2.05. The molecule has 2 aromatic carbocycles. The number of sulfonamides is 1. The number of anilines is 1. The Morgan fingerprint density at radius 1 is 1.14 bits per heavy atom. The Kier molecular flexibility index (Phi) is 4.50. The Morgan fingerprint density at radius 2 is 1.81 bits per heavy atom. The molecule has 0 amide bonds. The van der Waals surface area contributed by atoms with Crippen LogP contribution in [0.5, 0.6) is 0 Å². The van der Waals surface area contributed by atoms with Crippen LogP contribution in [-0.4, -0.2) is 21.5 Å². The van der Waals surface area contributed by atoms with Crippen LogP contribution in [0.25, 0.3) is 0 Å². The molecule has 0 unspecified atom stereocenters. The van der Waals surface area contributed by atoms with Crippen molar-refractivity contribution in [3.8, 4) is 0 Å². The molecule has 21 heavy (non-hydrogen) atoms. The van der Waals surface area contributed by atoms with Crippen molar-refractivity contribution >= 4 is 33.3 Å². The standard InChI is InChI=1S/C14H12ClNO4S/c1-20-14(17)12-8-7-10(15)9-13(12)21(18,19)16-11-5-3-2-4-6-11/h2-9,16H,1H3. The molecule has 0 aromatic heterocycles. The van der Waals surface area contributed by atoms with Gasteiger partial charge >= 0.3 is 5.97 Å². The molecule has 0 fully saturated rings. The van der Waals surface area contributed by atoms with Gasteiger partial charge in [-0.05, 0) is 30.3 Å². The molecule has 2 aromatic rings. The fourth-order valence-electron chi connectivity index (χ4n) is 1.71. The van der Waals surface area contributed by atoms with Gasteiger partial charge in [0.05, 0.1) is 12.7 Å². The molecule has 0 saturated heterocycles. The maximum atomic E-state index is 12.4. The summed E-state index contributed by atoms with van der Waals surface area (Å²) in [7, 11) is -2.78. The van der Waals surface area contributed by atoms with Gasteiger partial charge < -0.3 is 4.74 Å². The molecule has 0 heterocycles. The highest BCUT2D eigenvalue weighted by molar-refractivity contribution is 7.92. The summed E-state index contributed by atoms with van der Waals surface area (Å²) in [6.07, 6.45) is 0. The van der Waals surface area contributed by atoms with Crippen LogP contribution in [-0.2, 0) is 14.8 Å². The van der Waals surface area contributed by atoms with E-state index in [4.69, 9.17) is 11.6 Å². The van der Waals surface area contributed by atoms with Crippen molar-refractivity contribution < 1.29 is 17.9 Å². The molecule has 1 N–H and O–H groups in total. The highest BCUT2D eigenvalue weighted by Crippen LogP contribution is 2.24. The van der Waals surface area contributed by atoms with Crippen molar-refractivity contribution in [1.29, 1.82) is 0 Å². The van der Waals surface area contributed by atoms with E-state index in [1.807, 2.05) is 0 Å². The molecule has 0 aliphatic rings. The topological polar surface area (TPSA) is 72.5 Å². The van der Waals surface area contributed by atoms with E-state index >= 15 is 0 Å². The molecule has 0 aliphatic carbocycles. The second kappa shape index (κ2) is 6.15. The van der Waals surface area contributed by atoms with Crippen molar-refractivity contribution in [1.82, 2.24) is 0 Å². The molecule has 0 bridgehead atoms. The van der Waals surface area contributed by atoms with Crippen molar-refractivity contribution in [2.24, 2.45) is 0 Å². The smallest absolute Gasteiger partial charge is 0.339 e. The van der Waals surface area contributed by atoms with Crippen LogP contribution in [0.3, 0.4) is 0 Å². The molecule has 5 nitrogen and oxygen atoms in total. The van der Waals surface area contributed by atoms with Crippen molar-refractivity contribution in [2.45, 2.75) is 4.90 Å². The van der Waals surface area contributed by atoms with Crippen LogP contribution in [0, 0.1) is 0 Å². The minimum atomic E-state index is -3.96. The van der Waals surface area contributed by atoms with Gasteiger partial charge in [0.25, 0.3) is 10.0 Å². The highest BCUT2D eigenvalue weighted by atomic mass is 35.5. The van der Waals surface area contributed by atoms with Crippen LogP contribution in [0.2, 0.25) is 5.02 Å². The van der Waals surface area contributed by atoms with Gasteiger partial charge in [0.1, 0.15) is 4.90 Å². The number of carbonyl (C=O) groups is 1. The molecule has 110 valence electrons. The summed E-state index contributed by atoms with van der Waals surface area (Å²) in [6, 6.07) is 12.3. The van der Waals surface area contributed by atoms with E-state index in [1.54, 1.807) is 30.3 Å². The number of nitrogens with one attached hydrogen (secondary N) is 1. The van der Waals surface area contributed by atoms with Gasteiger partial charge in [0.15, 0.2) is 0 Å². The van der Waals surface area contributed by atoms with Gasteiger partial charge in [0.2, 0.25) is 0 Å². The van der Waals surface area contributed by atoms with Gasteiger partial charge in [-0.15, -0.1) is 0 Å². The van der Waals surface area contributed by atoms with E-state index in [0.717, 1.165) is 0 Å². The molecule has 0 saturated carbocycles. The van der Waals surface area contributed by atoms with E-state index < -0.39 is 16.0 Å². The monoisotopic (exact) mass is 325 g/mol. The first-order valence-corrected chi connectivity index (χ1v) is 7.76. The first-order chi connectivity index (χ1) is 9.94. The number of halogens is 1. The molecule has 7 heteroatoms. The lowest BCUT2D eigenvalue weighted by molar-refractivity contribution is 0.0596. The predicted molar refractivity (Wildman–Crippen MR) is 80.0 cm³/mol. The van der Waals surface area contributed by atoms with Gasteiger partial charge in [-0.3, -0.25) is 4.72 Å². The fraction of sp³-hybridized carbons (Fsp3) is 0.0714. The number of hydrogen-bond acceptors (Lipinski definition) is 4. The average molecular weight is 326 g/mol. The molecule has 2 rings (SSSR count). The van der Waals surface area contributed by atoms with Crippen LogP contribution < -0.4 is 4.72 Å². The highest BCUT2D eigenvalue weighted by Gasteiger charge is 2.23. The van der Waals surface area contributed by atoms with E-state index in [9.17, 15) is 13.2 Å². The van der Waals surface area contributed by atoms with E-state index in [2.05, 4.69) is 9.46 Å². The summed E-state index contributed by atoms with van der Waals surface area (Å²) in [5.41, 5.74) is 0.304. The quantitative estimate of drug-likeness (QED) is 0.877. The number of para-hydroxylation sites is 1. The maximum absolute atomic E-state index is 12.4. The zero-order valence-electron chi connectivity index (χ0n) is 11.0. The third-order valence-electron chi connectivity index (χ3n) is 2.66. The van der Waals surface area contributed by atoms with Crippen molar-refractivity contribution in [2.75, 3.05) is 11.8 Å². The number of ether oxygens (including phenoxy) is 1. The summed E-state index contributed by atoms with van der Waals surface area (Å²) in [5.74, 6) is -0.750. The van der Waals surface area contributed by atoms with Gasteiger partial charge in [0, 0.05) is 10.7 Å². The van der Waals surface area contributed by atoms with Crippen molar-refractivity contribution in [3.63, 3.8) is 0 Å². The largest absolute Gasteiger partial charge is 0.465 e. The average Bonchev–Trinajstić information content (AvgIpc) is 2.47. The molecular formula is C14H12ClNO4S. The van der Waals surface area contributed by atoms with Crippen LogP contribution >= 0.6 is 11.6 Å². The summed E-state index contributed by atoms with van der Waals surface area (Å²) in [4.78, 5) is 11.5. The van der Waals surface area contributed by atoms with Crippen molar-refractivity contribution in [3.05, 3.63) is 59.1 Å². The number of benzene rings is 2. The molecule has 0 spiro atoms. The number of hydrogen-bond donors (Lipinski definition) is 1. The number of methoxy groups -OCH3 is 1. The lowest BCUT2D eigenvalue weighted by Crippen LogP contribution is -2.17. The van der Waals surface area contributed by atoms with Crippen LogP contribution in [0.4, 0.5) is 5.69 Å². The SMILES string of the molecule is COC(=O)c1ccc(Cl)cc1S(=O)(=O)Nc1ccccc1. The Morgan fingerprint density at radius 3 is 2.43 bits per heavy atom. The second-order valence-electron chi connectivity index (χ2n) is 4.10. The lowest BCUT2D eigenvalue weighted by atomic mass is 10.2. The zero-order valence-corrected chi connectivity index (χ0v) is 12.6. The predicted octanol–water partition coefficient (Wildman–Crippen LogP) is 2.93. The van der Waals surface area contributed by atoms with Gasteiger partial charge in [-0.2, -0.15) is 0 Å². The maximum Gasteiger partial charge on any atom is 0.339 e. The molecule has 0 radical (unpaired) electrons. The van der Waals surface area contributed by atoms with E-state index in [-0.39, 0.29) is 15.5 Å². The number of esters is 1. The van der Waals surface area contributed by atoms with E-state index in [0.29, 0.717) is 5.69 Å².